The number of carbonyl (C=O) groups excluding carboxylic acids is 1. The van der Waals surface area contributed by atoms with Crippen molar-refractivity contribution in [2.75, 3.05) is 23.0 Å². The van der Waals surface area contributed by atoms with E-state index in [0.29, 0.717) is 12.1 Å². The Morgan fingerprint density at radius 1 is 1.07 bits per heavy atom. The highest BCUT2D eigenvalue weighted by Gasteiger charge is 2.36. The maximum Gasteiger partial charge on any atom is 0.416 e. The Bertz CT molecular complexity index is 851. The van der Waals surface area contributed by atoms with Crippen LogP contribution in [0.3, 0.4) is 0 Å². The van der Waals surface area contributed by atoms with Crippen LogP contribution >= 0.6 is 0 Å². The number of hydrogen-bond donors (Lipinski definition) is 3. The number of ether oxygens (including phenoxy) is 1. The van der Waals surface area contributed by atoms with Crippen LogP contribution in [0.4, 0.5) is 48.5 Å². The lowest BCUT2D eigenvalue weighted by atomic mass is 10.0. The molecule has 1 aromatic carbocycles. The van der Waals surface area contributed by atoms with Gasteiger partial charge in [0, 0.05) is 6.54 Å². The molecule has 12 heteroatoms. The molecule has 0 aliphatic rings. The van der Waals surface area contributed by atoms with Crippen molar-refractivity contribution in [2.45, 2.75) is 25.8 Å². The fourth-order valence-electron chi connectivity index (χ4n) is 2.27. The predicted molar refractivity (Wildman–Crippen MR) is 93.1 cm³/mol. The molecule has 1 aromatic heterocycles. The highest BCUT2D eigenvalue weighted by Crippen LogP contribution is 2.36. The summed E-state index contributed by atoms with van der Waals surface area (Å²) in [5.74, 6) is -0.0362. The molecule has 0 aliphatic carbocycles. The van der Waals surface area contributed by atoms with Crippen molar-refractivity contribution in [3.8, 4) is 0 Å². The van der Waals surface area contributed by atoms with Crippen LogP contribution < -0.4 is 16.4 Å². The minimum Gasteiger partial charge on any atom is -0.450 e. The van der Waals surface area contributed by atoms with E-state index in [9.17, 15) is 31.1 Å². The number of alkyl halides is 6. The summed E-state index contributed by atoms with van der Waals surface area (Å²) in [6.07, 6.45) is -10.6. The molecule has 0 bridgehead atoms. The normalized spacial score (nSPS) is 11.8. The minimum absolute atomic E-state index is 0.0512. The Balaban J connectivity index is 2.19. The van der Waals surface area contributed by atoms with E-state index in [1.54, 1.807) is 6.92 Å². The zero-order valence-corrected chi connectivity index (χ0v) is 14.9. The number of anilines is 3. The Morgan fingerprint density at radius 3 is 2.14 bits per heavy atom. The van der Waals surface area contributed by atoms with E-state index in [2.05, 4.69) is 20.4 Å². The third-order valence-electron chi connectivity index (χ3n) is 3.56. The van der Waals surface area contributed by atoms with Crippen molar-refractivity contribution in [2.24, 2.45) is 0 Å². The molecular weight excluding hydrogens is 406 g/mol. The number of halogens is 6. The number of aromatic nitrogens is 1. The largest absolute Gasteiger partial charge is 0.450 e. The van der Waals surface area contributed by atoms with Crippen molar-refractivity contribution < 1.29 is 35.9 Å². The average molecular weight is 422 g/mol. The lowest BCUT2D eigenvalue weighted by molar-refractivity contribution is -0.143. The van der Waals surface area contributed by atoms with Gasteiger partial charge in [0.05, 0.1) is 23.4 Å². The van der Waals surface area contributed by atoms with E-state index < -0.39 is 29.6 Å². The number of pyridine rings is 1. The van der Waals surface area contributed by atoms with Gasteiger partial charge in [0.15, 0.2) is 0 Å². The molecule has 0 aliphatic heterocycles. The van der Waals surface area contributed by atoms with Crippen LogP contribution in [0.2, 0.25) is 0 Å². The standard InChI is InChI=1S/C17H16F6N4O2/c1-2-29-15(28)26-12-3-4-13(27-14(12)24)25-8-9-5-10(16(18,19)20)7-11(6-9)17(21,22)23/h3-7H,2,8H2,1H3,(H,26,28)(H3,24,25,27). The number of benzene rings is 1. The van der Waals surface area contributed by atoms with Crippen LogP contribution in [-0.4, -0.2) is 17.7 Å². The molecule has 2 rings (SSSR count). The first-order chi connectivity index (χ1) is 13.4. The molecule has 1 heterocycles. The number of nitrogens with one attached hydrogen (secondary N) is 2. The van der Waals surface area contributed by atoms with E-state index >= 15 is 0 Å². The molecule has 4 N–H and O–H groups in total. The second-order valence-electron chi connectivity index (χ2n) is 5.74. The summed E-state index contributed by atoms with van der Waals surface area (Å²) >= 11 is 0. The van der Waals surface area contributed by atoms with Gasteiger partial charge in [-0.15, -0.1) is 0 Å². The number of nitrogens with zero attached hydrogens (tertiary/aromatic N) is 1. The maximum atomic E-state index is 12.9. The summed E-state index contributed by atoms with van der Waals surface area (Å²) in [4.78, 5) is 15.3. The predicted octanol–water partition coefficient (Wildman–Crippen LogP) is 4.88. The molecule has 6 nitrogen and oxygen atoms in total. The van der Waals surface area contributed by atoms with Crippen LogP contribution in [0, 0.1) is 0 Å². The van der Waals surface area contributed by atoms with Gasteiger partial charge in [0.2, 0.25) is 0 Å². The zero-order chi connectivity index (χ0) is 21.8. The fraction of sp³-hybridized carbons (Fsp3) is 0.294. The molecule has 0 saturated heterocycles. The highest BCUT2D eigenvalue weighted by atomic mass is 19.4. The number of amides is 1. The number of nitrogens with two attached hydrogens (primary N) is 1. The average Bonchev–Trinajstić information content (AvgIpc) is 2.60. The summed E-state index contributed by atoms with van der Waals surface area (Å²) < 4.78 is 82.0. The summed E-state index contributed by atoms with van der Waals surface area (Å²) in [7, 11) is 0. The van der Waals surface area contributed by atoms with Gasteiger partial charge in [-0.2, -0.15) is 26.3 Å². The molecule has 158 valence electrons. The number of hydrogen-bond acceptors (Lipinski definition) is 5. The van der Waals surface area contributed by atoms with Crippen LogP contribution in [0.5, 0.6) is 0 Å². The van der Waals surface area contributed by atoms with Gasteiger partial charge in [0.1, 0.15) is 11.6 Å². The molecule has 0 saturated carbocycles. The second-order valence-corrected chi connectivity index (χ2v) is 5.74. The second kappa shape index (κ2) is 8.45. The minimum atomic E-state index is -4.93. The Hall–Kier alpha value is -3.18. The SMILES string of the molecule is CCOC(=O)Nc1ccc(NCc2cc(C(F)(F)F)cc(C(F)(F)F)c2)nc1N. The van der Waals surface area contributed by atoms with Crippen LogP contribution in [0.15, 0.2) is 30.3 Å². The zero-order valence-electron chi connectivity index (χ0n) is 14.9. The van der Waals surface area contributed by atoms with Crippen molar-refractivity contribution in [1.82, 2.24) is 4.98 Å². The molecule has 1 amide bonds. The van der Waals surface area contributed by atoms with E-state index in [-0.39, 0.29) is 42.1 Å². The van der Waals surface area contributed by atoms with Crippen molar-refractivity contribution in [3.63, 3.8) is 0 Å². The molecule has 0 spiro atoms. The first-order valence-electron chi connectivity index (χ1n) is 8.12. The Labute approximate surface area is 161 Å². The van der Waals surface area contributed by atoms with Gasteiger partial charge in [0.25, 0.3) is 0 Å². The lowest BCUT2D eigenvalue weighted by Gasteiger charge is -2.15. The monoisotopic (exact) mass is 422 g/mol. The summed E-state index contributed by atoms with van der Waals surface area (Å²) in [6.45, 7) is 1.37. The van der Waals surface area contributed by atoms with Crippen molar-refractivity contribution >= 4 is 23.4 Å². The number of nitrogen functional groups attached to an aromatic ring is 1. The number of rotatable bonds is 5. The highest BCUT2D eigenvalue weighted by molar-refractivity contribution is 5.88. The van der Waals surface area contributed by atoms with Crippen LogP contribution in [0.25, 0.3) is 0 Å². The summed E-state index contributed by atoms with van der Waals surface area (Å²) in [5.41, 5.74) is 2.74. The lowest BCUT2D eigenvalue weighted by Crippen LogP contribution is -2.15. The first kappa shape index (κ1) is 22.1. The topological polar surface area (TPSA) is 89.3 Å². The van der Waals surface area contributed by atoms with E-state index in [1.807, 2.05) is 0 Å². The van der Waals surface area contributed by atoms with Gasteiger partial charge in [-0.1, -0.05) is 0 Å². The smallest absolute Gasteiger partial charge is 0.416 e. The molecule has 2 aromatic rings. The fourth-order valence-corrected chi connectivity index (χ4v) is 2.27. The molecule has 0 fully saturated rings. The van der Waals surface area contributed by atoms with Gasteiger partial charge >= 0.3 is 18.4 Å². The number of carbonyl (C=O) groups is 1. The van der Waals surface area contributed by atoms with Gasteiger partial charge in [-0.3, -0.25) is 5.32 Å². The first-order valence-corrected chi connectivity index (χ1v) is 8.12. The van der Waals surface area contributed by atoms with Crippen LogP contribution in [-0.2, 0) is 23.6 Å². The third kappa shape index (κ3) is 6.16. The summed E-state index contributed by atoms with van der Waals surface area (Å²) in [5, 5.41) is 4.93. The molecule has 0 radical (unpaired) electrons. The Morgan fingerprint density at radius 2 is 1.66 bits per heavy atom. The maximum absolute atomic E-state index is 12.9. The molecule has 0 unspecified atom stereocenters. The van der Waals surface area contributed by atoms with Crippen molar-refractivity contribution in [3.05, 3.63) is 47.0 Å². The molecule has 29 heavy (non-hydrogen) atoms. The third-order valence-corrected chi connectivity index (χ3v) is 3.56. The van der Waals surface area contributed by atoms with E-state index in [0.717, 1.165) is 0 Å². The molecule has 0 atom stereocenters. The van der Waals surface area contributed by atoms with Gasteiger partial charge < -0.3 is 15.8 Å². The Kier molecular flexibility index (Phi) is 6.44. The molecular formula is C17H16F6N4O2. The quantitative estimate of drug-likeness (QED) is 0.598. The van der Waals surface area contributed by atoms with Gasteiger partial charge in [-0.25, -0.2) is 9.78 Å². The van der Waals surface area contributed by atoms with E-state index in [4.69, 9.17) is 5.73 Å². The van der Waals surface area contributed by atoms with E-state index in [1.165, 1.54) is 12.1 Å². The summed E-state index contributed by atoms with van der Waals surface area (Å²) in [6, 6.07) is 3.98. The van der Waals surface area contributed by atoms with Gasteiger partial charge in [-0.05, 0) is 42.8 Å². The van der Waals surface area contributed by atoms with Crippen LogP contribution in [0.1, 0.15) is 23.6 Å². The van der Waals surface area contributed by atoms with Crippen molar-refractivity contribution in [1.29, 1.82) is 0 Å².